The van der Waals surface area contributed by atoms with E-state index in [9.17, 15) is 18.4 Å². The van der Waals surface area contributed by atoms with Crippen molar-refractivity contribution in [3.05, 3.63) is 88.3 Å². The maximum atomic E-state index is 13.7. The summed E-state index contributed by atoms with van der Waals surface area (Å²) in [5.41, 5.74) is 2.02. The van der Waals surface area contributed by atoms with Gasteiger partial charge in [-0.25, -0.2) is 8.78 Å². The molecule has 34 heavy (non-hydrogen) atoms. The van der Waals surface area contributed by atoms with Gasteiger partial charge in [-0.1, -0.05) is 35.0 Å². The van der Waals surface area contributed by atoms with E-state index in [1.165, 1.54) is 11.0 Å². The Morgan fingerprint density at radius 1 is 1.12 bits per heavy atom. The van der Waals surface area contributed by atoms with Gasteiger partial charge in [-0.3, -0.25) is 9.59 Å². The van der Waals surface area contributed by atoms with Gasteiger partial charge in [0.2, 0.25) is 0 Å². The minimum atomic E-state index is -0.840. The minimum Gasteiger partial charge on any atom is -0.376 e. The second-order valence-corrected chi connectivity index (χ2v) is 8.33. The van der Waals surface area contributed by atoms with Gasteiger partial charge in [-0.15, -0.1) is 0 Å². The molecule has 2 amide bonds. The van der Waals surface area contributed by atoms with Gasteiger partial charge in [0.1, 0.15) is 11.6 Å². The van der Waals surface area contributed by atoms with Crippen LogP contribution in [0.4, 0.5) is 8.78 Å². The first kappa shape index (κ1) is 23.6. The standard InChI is InChI=1S/C25H25F2N3O4/c1-16-4-6-17(7-5-16)13-28-24(31)23-12-22(34-29-23)15-30(14-21-3-2-8-33-21)25(32)18-9-19(26)11-20(27)10-18/h4-7,9-12,21H,2-3,8,13-15H2,1H3,(H,28,31). The zero-order valence-electron chi connectivity index (χ0n) is 18.7. The SMILES string of the molecule is Cc1ccc(CNC(=O)c2cc(CN(CC3CCCO3)C(=O)c3cc(F)cc(F)c3)on2)cc1. The lowest BCUT2D eigenvalue weighted by molar-refractivity contribution is 0.0486. The summed E-state index contributed by atoms with van der Waals surface area (Å²) >= 11 is 0. The van der Waals surface area contributed by atoms with Crippen LogP contribution < -0.4 is 5.32 Å². The molecule has 1 saturated heterocycles. The lowest BCUT2D eigenvalue weighted by Crippen LogP contribution is -2.37. The summed E-state index contributed by atoms with van der Waals surface area (Å²) in [7, 11) is 0. The third-order valence-electron chi connectivity index (χ3n) is 5.56. The molecule has 1 atom stereocenters. The molecule has 3 aromatic rings. The first-order chi connectivity index (χ1) is 16.4. The fourth-order valence-corrected chi connectivity index (χ4v) is 3.77. The fraction of sp³-hybridized carbons (Fsp3) is 0.320. The Morgan fingerprint density at radius 2 is 1.85 bits per heavy atom. The zero-order chi connectivity index (χ0) is 24.1. The van der Waals surface area contributed by atoms with Gasteiger partial charge < -0.3 is 19.5 Å². The number of aryl methyl sites for hydroxylation is 1. The number of rotatable bonds is 8. The highest BCUT2D eigenvalue weighted by Crippen LogP contribution is 2.19. The Hall–Kier alpha value is -3.59. The molecule has 1 aromatic heterocycles. The summed E-state index contributed by atoms with van der Waals surface area (Å²) < 4.78 is 38.3. The van der Waals surface area contributed by atoms with Crippen LogP contribution >= 0.6 is 0 Å². The van der Waals surface area contributed by atoms with E-state index in [2.05, 4.69) is 10.5 Å². The van der Waals surface area contributed by atoms with E-state index in [0.29, 0.717) is 19.2 Å². The van der Waals surface area contributed by atoms with Gasteiger partial charge in [0.05, 0.1) is 12.6 Å². The molecule has 2 heterocycles. The lowest BCUT2D eigenvalue weighted by atomic mass is 10.1. The number of halogens is 2. The van der Waals surface area contributed by atoms with Crippen LogP contribution in [-0.2, 0) is 17.8 Å². The number of aromatic nitrogens is 1. The van der Waals surface area contributed by atoms with Gasteiger partial charge in [-0.05, 0) is 37.5 Å². The molecule has 0 radical (unpaired) electrons. The van der Waals surface area contributed by atoms with Crippen molar-refractivity contribution in [3.8, 4) is 0 Å². The number of ether oxygens (including phenoxy) is 1. The molecule has 178 valence electrons. The van der Waals surface area contributed by atoms with E-state index in [-0.39, 0.29) is 36.2 Å². The van der Waals surface area contributed by atoms with Crippen molar-refractivity contribution in [2.45, 2.75) is 39.0 Å². The van der Waals surface area contributed by atoms with Crippen LogP contribution in [0.5, 0.6) is 0 Å². The van der Waals surface area contributed by atoms with E-state index in [0.717, 1.165) is 36.1 Å². The fourth-order valence-electron chi connectivity index (χ4n) is 3.77. The normalized spacial score (nSPS) is 15.3. The van der Waals surface area contributed by atoms with E-state index in [1.54, 1.807) is 0 Å². The largest absolute Gasteiger partial charge is 0.376 e. The highest BCUT2D eigenvalue weighted by atomic mass is 19.1. The molecule has 0 aliphatic carbocycles. The molecular weight excluding hydrogens is 444 g/mol. The quantitative estimate of drug-likeness (QED) is 0.539. The molecule has 1 N–H and O–H groups in total. The minimum absolute atomic E-state index is 0.0327. The molecule has 4 rings (SSSR count). The molecular formula is C25H25F2N3O4. The molecule has 0 spiro atoms. The smallest absolute Gasteiger partial charge is 0.273 e. The van der Waals surface area contributed by atoms with Crippen LogP contribution in [0, 0.1) is 18.6 Å². The highest BCUT2D eigenvalue weighted by molar-refractivity contribution is 5.94. The van der Waals surface area contributed by atoms with Crippen LogP contribution in [0.25, 0.3) is 0 Å². The van der Waals surface area contributed by atoms with Gasteiger partial charge >= 0.3 is 0 Å². The number of amides is 2. The van der Waals surface area contributed by atoms with Crippen LogP contribution in [0.1, 0.15) is 50.6 Å². The van der Waals surface area contributed by atoms with Gasteiger partial charge in [0.25, 0.3) is 11.8 Å². The molecule has 2 aromatic carbocycles. The van der Waals surface area contributed by atoms with Crippen molar-refractivity contribution in [1.82, 2.24) is 15.4 Å². The van der Waals surface area contributed by atoms with Crippen molar-refractivity contribution in [2.24, 2.45) is 0 Å². The molecule has 7 nitrogen and oxygen atoms in total. The Labute approximate surface area is 195 Å². The van der Waals surface area contributed by atoms with Gasteiger partial charge in [-0.2, -0.15) is 0 Å². The average molecular weight is 469 g/mol. The first-order valence-electron chi connectivity index (χ1n) is 11.0. The number of hydrogen-bond donors (Lipinski definition) is 1. The Bertz CT molecular complexity index is 1140. The molecule has 1 unspecified atom stereocenters. The molecule has 0 saturated carbocycles. The van der Waals surface area contributed by atoms with Crippen molar-refractivity contribution in [2.75, 3.05) is 13.2 Å². The second-order valence-electron chi connectivity index (χ2n) is 8.33. The van der Waals surface area contributed by atoms with E-state index in [4.69, 9.17) is 9.26 Å². The summed E-state index contributed by atoms with van der Waals surface area (Å²) in [5.74, 6) is -2.40. The van der Waals surface area contributed by atoms with E-state index >= 15 is 0 Å². The van der Waals surface area contributed by atoms with Gasteiger partial charge in [0, 0.05) is 37.4 Å². The van der Waals surface area contributed by atoms with Crippen LogP contribution in [0.15, 0.2) is 53.1 Å². The first-order valence-corrected chi connectivity index (χ1v) is 11.0. The molecule has 9 heteroatoms. The lowest BCUT2D eigenvalue weighted by Gasteiger charge is -2.24. The van der Waals surface area contributed by atoms with E-state index in [1.807, 2.05) is 31.2 Å². The summed E-state index contributed by atoms with van der Waals surface area (Å²) in [5, 5.41) is 6.59. The predicted molar refractivity (Wildman–Crippen MR) is 119 cm³/mol. The topological polar surface area (TPSA) is 84.7 Å². The molecule has 0 bridgehead atoms. The molecule has 1 aliphatic heterocycles. The Kier molecular flexibility index (Phi) is 7.32. The summed E-state index contributed by atoms with van der Waals surface area (Å²) in [4.78, 5) is 26.9. The molecule has 1 aliphatic rings. The van der Waals surface area contributed by atoms with Crippen LogP contribution in [0.2, 0.25) is 0 Å². The number of hydrogen-bond acceptors (Lipinski definition) is 5. The van der Waals surface area contributed by atoms with Crippen molar-refractivity contribution >= 4 is 11.8 Å². The Balaban J connectivity index is 1.45. The highest BCUT2D eigenvalue weighted by Gasteiger charge is 2.26. The van der Waals surface area contributed by atoms with Gasteiger partial charge in [0.15, 0.2) is 11.5 Å². The van der Waals surface area contributed by atoms with Crippen LogP contribution in [-0.4, -0.2) is 41.1 Å². The summed E-state index contributed by atoms with van der Waals surface area (Å²) in [6.45, 7) is 3.09. The third kappa shape index (κ3) is 6.05. The maximum Gasteiger partial charge on any atom is 0.273 e. The average Bonchev–Trinajstić information content (AvgIpc) is 3.49. The number of benzene rings is 2. The van der Waals surface area contributed by atoms with Crippen LogP contribution in [0.3, 0.4) is 0 Å². The number of carbonyl (C=O) groups is 2. The maximum absolute atomic E-state index is 13.7. The molecule has 1 fully saturated rings. The zero-order valence-corrected chi connectivity index (χ0v) is 18.7. The van der Waals surface area contributed by atoms with Crippen molar-refractivity contribution < 1.29 is 27.6 Å². The summed E-state index contributed by atoms with van der Waals surface area (Å²) in [6, 6.07) is 11.9. The van der Waals surface area contributed by atoms with Crippen molar-refractivity contribution in [3.63, 3.8) is 0 Å². The van der Waals surface area contributed by atoms with E-state index < -0.39 is 23.4 Å². The second kappa shape index (κ2) is 10.6. The van der Waals surface area contributed by atoms with Crippen molar-refractivity contribution in [1.29, 1.82) is 0 Å². The number of nitrogens with zero attached hydrogens (tertiary/aromatic N) is 2. The number of nitrogens with one attached hydrogen (secondary N) is 1. The summed E-state index contributed by atoms with van der Waals surface area (Å²) in [6.07, 6.45) is 1.45. The predicted octanol–water partition coefficient (Wildman–Crippen LogP) is 4.01. The Morgan fingerprint density at radius 3 is 2.53 bits per heavy atom. The number of carbonyl (C=O) groups excluding carboxylic acids is 2. The monoisotopic (exact) mass is 469 g/mol. The third-order valence-corrected chi connectivity index (χ3v) is 5.56.